The van der Waals surface area contributed by atoms with Crippen molar-refractivity contribution in [3.8, 4) is 5.69 Å². The van der Waals surface area contributed by atoms with E-state index in [0.717, 1.165) is 61.2 Å². The number of aromatic nitrogens is 1. The summed E-state index contributed by atoms with van der Waals surface area (Å²) in [6.45, 7) is 0. The van der Waals surface area contributed by atoms with Crippen LogP contribution in [0.15, 0.2) is 184 Å². The van der Waals surface area contributed by atoms with E-state index >= 15 is 0 Å². The number of nitrogens with zero attached hydrogens (tertiary/aromatic N) is 3. The number of amidine groups is 2. The van der Waals surface area contributed by atoms with Crippen LogP contribution < -0.4 is 5.32 Å². The second kappa shape index (κ2) is 11.3. The van der Waals surface area contributed by atoms with Gasteiger partial charge in [-0.15, -0.1) is 0 Å². The lowest BCUT2D eigenvalue weighted by atomic mass is 10.0. The van der Waals surface area contributed by atoms with Gasteiger partial charge in [0.2, 0.25) is 0 Å². The van der Waals surface area contributed by atoms with Gasteiger partial charge in [0.05, 0.1) is 16.7 Å². The minimum Gasteiger partial charge on any atom is -0.456 e. The summed E-state index contributed by atoms with van der Waals surface area (Å²) in [5, 5.41) is 13.0. The summed E-state index contributed by atoms with van der Waals surface area (Å²) in [4.78, 5) is 10.5. The number of aliphatic imine (C=N–C) groups is 2. The predicted octanol–water partition coefficient (Wildman–Crippen LogP) is 11.5. The second-order valence-electron chi connectivity index (χ2n) is 13.5. The monoisotopic (exact) mass is 666 g/mol. The maximum atomic E-state index is 6.66. The van der Waals surface area contributed by atoms with Gasteiger partial charge in [0.1, 0.15) is 23.2 Å². The molecule has 1 unspecified atom stereocenters. The standard InChI is InChI=1S/C47H30N4O/c1-2-13-30(14-3-1)45-48-46(34-23-22-29-12-4-5-15-31(29)24-34)50-47(49-45)39-27-35(28-43-44(39)37-19-9-11-21-42(37)52-43)51-40-20-10-8-18-36(40)38-25-32-16-6-7-17-33(32)26-41(38)51/h1-28,46H,(H,48,49,50). The van der Waals surface area contributed by atoms with E-state index in [1.807, 2.05) is 30.3 Å². The van der Waals surface area contributed by atoms with Crippen LogP contribution in [0.5, 0.6) is 0 Å². The Bertz CT molecular complexity index is 3110. The van der Waals surface area contributed by atoms with E-state index in [9.17, 15) is 0 Å². The third-order valence-corrected chi connectivity index (χ3v) is 10.4. The number of para-hydroxylation sites is 2. The SMILES string of the molecule is c1ccc(C2=NC(c3ccc4ccccc4c3)NC(c3cc(-n4c5ccccc5c5cc6ccccc6cc54)cc4oc5ccccc5c34)=N2)cc1. The molecule has 5 heteroatoms. The molecule has 10 aromatic rings. The molecule has 2 aromatic heterocycles. The quantitative estimate of drug-likeness (QED) is 0.203. The van der Waals surface area contributed by atoms with Crippen molar-refractivity contribution < 1.29 is 4.42 Å². The Kier molecular flexibility index (Phi) is 6.25. The Morgan fingerprint density at radius 1 is 0.519 bits per heavy atom. The highest BCUT2D eigenvalue weighted by molar-refractivity contribution is 6.22. The number of benzene rings is 8. The number of hydrogen-bond donors (Lipinski definition) is 1. The second-order valence-corrected chi connectivity index (χ2v) is 13.5. The zero-order chi connectivity index (χ0) is 34.2. The lowest BCUT2D eigenvalue weighted by Crippen LogP contribution is -2.33. The number of hydrogen-bond acceptors (Lipinski definition) is 4. The van der Waals surface area contributed by atoms with Crippen molar-refractivity contribution in [3.63, 3.8) is 0 Å². The molecule has 52 heavy (non-hydrogen) atoms. The predicted molar refractivity (Wildman–Crippen MR) is 215 cm³/mol. The van der Waals surface area contributed by atoms with E-state index in [1.54, 1.807) is 0 Å². The van der Waals surface area contributed by atoms with E-state index in [0.29, 0.717) is 5.84 Å². The summed E-state index contributed by atoms with van der Waals surface area (Å²) in [7, 11) is 0. The molecule has 0 bridgehead atoms. The fraction of sp³-hybridized carbons (Fsp3) is 0.0213. The smallest absolute Gasteiger partial charge is 0.159 e. The summed E-state index contributed by atoms with van der Waals surface area (Å²) in [6.07, 6.45) is -0.358. The molecule has 244 valence electrons. The molecule has 11 rings (SSSR count). The zero-order valence-corrected chi connectivity index (χ0v) is 28.0. The van der Waals surface area contributed by atoms with Crippen LogP contribution in [0, 0.1) is 0 Å². The first-order valence-corrected chi connectivity index (χ1v) is 17.6. The molecular formula is C47H30N4O. The zero-order valence-electron chi connectivity index (χ0n) is 28.0. The van der Waals surface area contributed by atoms with Crippen LogP contribution in [0.3, 0.4) is 0 Å². The summed E-state index contributed by atoms with van der Waals surface area (Å²) in [5.74, 6) is 1.43. The summed E-state index contributed by atoms with van der Waals surface area (Å²) < 4.78 is 9.03. The molecule has 0 radical (unpaired) electrons. The molecule has 1 N–H and O–H groups in total. The van der Waals surface area contributed by atoms with Gasteiger partial charge in [-0.1, -0.05) is 127 Å². The number of rotatable bonds is 4. The van der Waals surface area contributed by atoms with Crippen LogP contribution in [-0.4, -0.2) is 16.2 Å². The highest BCUT2D eigenvalue weighted by atomic mass is 16.3. The van der Waals surface area contributed by atoms with Gasteiger partial charge < -0.3 is 14.3 Å². The van der Waals surface area contributed by atoms with Crippen molar-refractivity contribution >= 4 is 77.0 Å². The molecule has 0 spiro atoms. The van der Waals surface area contributed by atoms with Crippen LogP contribution in [0.4, 0.5) is 0 Å². The van der Waals surface area contributed by atoms with E-state index in [1.165, 1.54) is 32.3 Å². The molecule has 0 saturated carbocycles. The highest BCUT2D eigenvalue weighted by Crippen LogP contribution is 2.39. The number of nitrogens with one attached hydrogen (secondary N) is 1. The molecule has 5 nitrogen and oxygen atoms in total. The normalized spacial score (nSPS) is 14.7. The molecule has 0 fully saturated rings. The largest absolute Gasteiger partial charge is 0.456 e. The molecule has 8 aromatic carbocycles. The van der Waals surface area contributed by atoms with Gasteiger partial charge in [0.15, 0.2) is 5.84 Å². The first kappa shape index (κ1) is 28.8. The van der Waals surface area contributed by atoms with Crippen LogP contribution in [0.25, 0.3) is 71.0 Å². The molecule has 3 heterocycles. The molecule has 0 saturated heterocycles. The third kappa shape index (κ3) is 4.49. The fourth-order valence-electron chi connectivity index (χ4n) is 7.94. The van der Waals surface area contributed by atoms with Gasteiger partial charge in [-0.25, -0.2) is 9.98 Å². The van der Waals surface area contributed by atoms with Gasteiger partial charge in [-0.3, -0.25) is 0 Å². The first-order chi connectivity index (χ1) is 25.7. The minimum absolute atomic E-state index is 0.358. The van der Waals surface area contributed by atoms with Crippen LogP contribution in [-0.2, 0) is 0 Å². The highest BCUT2D eigenvalue weighted by Gasteiger charge is 2.26. The van der Waals surface area contributed by atoms with Gasteiger partial charge in [0, 0.05) is 38.7 Å². The van der Waals surface area contributed by atoms with Gasteiger partial charge in [-0.05, 0) is 63.5 Å². The third-order valence-electron chi connectivity index (χ3n) is 10.4. The maximum Gasteiger partial charge on any atom is 0.159 e. The lowest BCUT2D eigenvalue weighted by Gasteiger charge is -2.24. The number of fused-ring (bicyclic) bond motifs is 8. The Balaban J connectivity index is 1.19. The van der Waals surface area contributed by atoms with Gasteiger partial charge in [0.25, 0.3) is 0 Å². The van der Waals surface area contributed by atoms with Crippen molar-refractivity contribution in [2.75, 3.05) is 0 Å². The van der Waals surface area contributed by atoms with E-state index in [-0.39, 0.29) is 6.17 Å². The molecule has 0 aliphatic carbocycles. The molecular weight excluding hydrogens is 637 g/mol. The van der Waals surface area contributed by atoms with Crippen molar-refractivity contribution in [1.82, 2.24) is 9.88 Å². The van der Waals surface area contributed by atoms with E-state index < -0.39 is 0 Å². The van der Waals surface area contributed by atoms with Gasteiger partial charge >= 0.3 is 0 Å². The Labute approximate surface area is 298 Å². The Hall–Kier alpha value is -6.98. The maximum absolute atomic E-state index is 6.66. The fourth-order valence-corrected chi connectivity index (χ4v) is 7.94. The first-order valence-electron chi connectivity index (χ1n) is 17.6. The van der Waals surface area contributed by atoms with Crippen LogP contribution in [0.1, 0.15) is 22.9 Å². The average Bonchev–Trinajstić information content (AvgIpc) is 3.75. The van der Waals surface area contributed by atoms with Crippen LogP contribution >= 0.6 is 0 Å². The summed E-state index contributed by atoms with van der Waals surface area (Å²) in [5.41, 5.74) is 7.90. The molecule has 1 atom stereocenters. The lowest BCUT2D eigenvalue weighted by molar-refractivity contribution is 0.667. The summed E-state index contributed by atoms with van der Waals surface area (Å²) in [6, 6.07) is 59.8. The Morgan fingerprint density at radius 3 is 2.06 bits per heavy atom. The Morgan fingerprint density at radius 2 is 1.21 bits per heavy atom. The van der Waals surface area contributed by atoms with E-state index in [4.69, 9.17) is 14.4 Å². The topological polar surface area (TPSA) is 54.8 Å². The van der Waals surface area contributed by atoms with E-state index in [2.05, 4.69) is 149 Å². The summed E-state index contributed by atoms with van der Waals surface area (Å²) >= 11 is 0. The van der Waals surface area contributed by atoms with Gasteiger partial charge in [-0.2, -0.15) is 0 Å². The van der Waals surface area contributed by atoms with Crippen molar-refractivity contribution in [2.24, 2.45) is 9.98 Å². The molecule has 1 aliphatic rings. The molecule has 1 aliphatic heterocycles. The van der Waals surface area contributed by atoms with Crippen LogP contribution in [0.2, 0.25) is 0 Å². The minimum atomic E-state index is -0.358. The van der Waals surface area contributed by atoms with Crippen molar-refractivity contribution in [2.45, 2.75) is 6.17 Å². The van der Waals surface area contributed by atoms with Crippen molar-refractivity contribution in [3.05, 3.63) is 187 Å². The number of furan rings is 1. The average molecular weight is 667 g/mol. The molecule has 0 amide bonds. The van der Waals surface area contributed by atoms with Crippen molar-refractivity contribution in [1.29, 1.82) is 0 Å².